The van der Waals surface area contributed by atoms with Crippen molar-refractivity contribution < 1.29 is 14.2 Å². The molecule has 0 aliphatic heterocycles. The molecule has 0 atom stereocenters. The van der Waals surface area contributed by atoms with E-state index in [1.807, 2.05) is 30.3 Å². The van der Waals surface area contributed by atoms with Crippen LogP contribution in [0.25, 0.3) is 11.3 Å². The van der Waals surface area contributed by atoms with Crippen LogP contribution in [0.1, 0.15) is 5.69 Å². The molecule has 0 spiro atoms. The number of benzene rings is 2. The van der Waals surface area contributed by atoms with Crippen molar-refractivity contribution in [3.05, 3.63) is 75.4 Å². The van der Waals surface area contributed by atoms with Crippen LogP contribution >= 0.6 is 11.6 Å². The number of nitrogens with zero attached hydrogens (tertiary/aromatic N) is 2. The predicted octanol–water partition coefficient (Wildman–Crippen LogP) is 4.48. The lowest BCUT2D eigenvalue weighted by atomic mass is 10.2. The van der Waals surface area contributed by atoms with Crippen LogP contribution in [0.15, 0.2) is 59.1 Å². The van der Waals surface area contributed by atoms with Crippen molar-refractivity contribution in [2.75, 3.05) is 0 Å². The summed E-state index contributed by atoms with van der Waals surface area (Å²) in [4.78, 5) is 10.2. The average molecular weight is 331 g/mol. The highest BCUT2D eigenvalue weighted by Crippen LogP contribution is 2.29. The SMILES string of the molecule is O=[N+]([O-])c1ccc(OCc2cc(-c3ccccc3)on2)c(Cl)c1. The molecule has 3 rings (SSSR count). The van der Waals surface area contributed by atoms with Gasteiger partial charge in [-0.1, -0.05) is 47.1 Å². The number of ether oxygens (including phenoxy) is 1. The minimum atomic E-state index is -0.514. The van der Waals surface area contributed by atoms with Gasteiger partial charge in [0, 0.05) is 23.8 Å². The minimum absolute atomic E-state index is 0.0878. The van der Waals surface area contributed by atoms with Gasteiger partial charge in [-0.25, -0.2) is 0 Å². The third kappa shape index (κ3) is 3.49. The van der Waals surface area contributed by atoms with Crippen LogP contribution in [0.5, 0.6) is 5.75 Å². The van der Waals surface area contributed by atoms with Crippen LogP contribution < -0.4 is 4.74 Å². The van der Waals surface area contributed by atoms with Gasteiger partial charge in [0.2, 0.25) is 0 Å². The van der Waals surface area contributed by atoms with Crippen molar-refractivity contribution >= 4 is 17.3 Å². The Morgan fingerprint density at radius 2 is 1.96 bits per heavy atom. The van der Waals surface area contributed by atoms with E-state index in [2.05, 4.69) is 5.16 Å². The second-order valence-electron chi connectivity index (χ2n) is 4.71. The first-order chi connectivity index (χ1) is 11.1. The fourth-order valence-electron chi connectivity index (χ4n) is 1.99. The van der Waals surface area contributed by atoms with Gasteiger partial charge < -0.3 is 9.26 Å². The van der Waals surface area contributed by atoms with E-state index in [1.165, 1.54) is 18.2 Å². The first-order valence-electron chi connectivity index (χ1n) is 6.71. The Kier molecular flexibility index (Phi) is 4.25. The normalized spacial score (nSPS) is 10.5. The average Bonchev–Trinajstić information content (AvgIpc) is 3.03. The predicted molar refractivity (Wildman–Crippen MR) is 84.4 cm³/mol. The first kappa shape index (κ1) is 15.1. The standard InChI is InChI=1S/C16H11ClN2O4/c17-14-9-13(19(20)21)6-7-15(14)22-10-12-8-16(23-18-12)11-4-2-1-3-5-11/h1-9H,10H2. The van der Waals surface area contributed by atoms with Gasteiger partial charge >= 0.3 is 0 Å². The van der Waals surface area contributed by atoms with E-state index in [9.17, 15) is 10.1 Å². The minimum Gasteiger partial charge on any atom is -0.486 e. The Balaban J connectivity index is 1.70. The van der Waals surface area contributed by atoms with Gasteiger partial charge in [-0.05, 0) is 6.07 Å². The van der Waals surface area contributed by atoms with E-state index in [-0.39, 0.29) is 17.3 Å². The Morgan fingerprint density at radius 1 is 1.17 bits per heavy atom. The zero-order valence-corrected chi connectivity index (χ0v) is 12.6. The zero-order valence-electron chi connectivity index (χ0n) is 11.8. The first-order valence-corrected chi connectivity index (χ1v) is 7.09. The fourth-order valence-corrected chi connectivity index (χ4v) is 2.22. The number of halogens is 1. The molecule has 0 fully saturated rings. The van der Waals surface area contributed by atoms with Crippen molar-refractivity contribution in [3.63, 3.8) is 0 Å². The van der Waals surface area contributed by atoms with E-state index in [1.54, 1.807) is 6.07 Å². The monoisotopic (exact) mass is 330 g/mol. The molecular weight excluding hydrogens is 320 g/mol. The third-order valence-electron chi connectivity index (χ3n) is 3.12. The van der Waals surface area contributed by atoms with Crippen LogP contribution in [-0.2, 0) is 6.61 Å². The molecule has 0 amide bonds. The molecule has 23 heavy (non-hydrogen) atoms. The van der Waals surface area contributed by atoms with Crippen molar-refractivity contribution in [2.45, 2.75) is 6.61 Å². The summed E-state index contributed by atoms with van der Waals surface area (Å²) in [6, 6.07) is 15.4. The largest absolute Gasteiger partial charge is 0.486 e. The molecule has 0 aliphatic rings. The summed E-state index contributed by atoms with van der Waals surface area (Å²) in [5.74, 6) is 0.987. The molecule has 1 heterocycles. The van der Waals surface area contributed by atoms with E-state index in [0.717, 1.165) is 5.56 Å². The molecule has 0 unspecified atom stereocenters. The summed E-state index contributed by atoms with van der Waals surface area (Å²) in [5.41, 5.74) is 1.42. The van der Waals surface area contributed by atoms with Gasteiger partial charge in [-0.3, -0.25) is 10.1 Å². The summed E-state index contributed by atoms with van der Waals surface area (Å²) in [6.07, 6.45) is 0. The maximum atomic E-state index is 10.7. The molecule has 116 valence electrons. The van der Waals surface area contributed by atoms with Crippen molar-refractivity contribution in [1.82, 2.24) is 5.16 Å². The number of nitro benzene ring substituents is 1. The second kappa shape index (κ2) is 6.50. The van der Waals surface area contributed by atoms with Crippen molar-refractivity contribution in [1.29, 1.82) is 0 Å². The number of aromatic nitrogens is 1. The van der Waals surface area contributed by atoms with Crippen LogP contribution in [0.2, 0.25) is 5.02 Å². The summed E-state index contributed by atoms with van der Waals surface area (Å²) >= 11 is 5.97. The van der Waals surface area contributed by atoms with Crippen LogP contribution in [0.4, 0.5) is 5.69 Å². The molecule has 0 bridgehead atoms. The third-order valence-corrected chi connectivity index (χ3v) is 3.41. The molecule has 0 radical (unpaired) electrons. The summed E-state index contributed by atoms with van der Waals surface area (Å²) in [6.45, 7) is 0.147. The highest BCUT2D eigenvalue weighted by Gasteiger charge is 2.12. The molecule has 2 aromatic carbocycles. The summed E-state index contributed by atoms with van der Waals surface area (Å²) in [5, 5.41) is 14.8. The van der Waals surface area contributed by atoms with Crippen LogP contribution in [-0.4, -0.2) is 10.1 Å². The van der Waals surface area contributed by atoms with E-state index in [0.29, 0.717) is 17.2 Å². The second-order valence-corrected chi connectivity index (χ2v) is 5.12. The van der Waals surface area contributed by atoms with Crippen molar-refractivity contribution in [3.8, 4) is 17.1 Å². The van der Waals surface area contributed by atoms with Crippen LogP contribution in [0.3, 0.4) is 0 Å². The number of hydrogen-bond acceptors (Lipinski definition) is 5. The lowest BCUT2D eigenvalue weighted by Gasteiger charge is -2.05. The quantitative estimate of drug-likeness (QED) is 0.509. The van der Waals surface area contributed by atoms with Gasteiger partial charge in [0.15, 0.2) is 5.76 Å². The zero-order chi connectivity index (χ0) is 16.2. The number of non-ortho nitro benzene ring substituents is 1. The van der Waals surface area contributed by atoms with E-state index in [4.69, 9.17) is 20.9 Å². The lowest BCUT2D eigenvalue weighted by Crippen LogP contribution is -1.96. The highest BCUT2D eigenvalue weighted by molar-refractivity contribution is 6.32. The Morgan fingerprint density at radius 3 is 2.65 bits per heavy atom. The summed E-state index contributed by atoms with van der Waals surface area (Å²) < 4.78 is 10.8. The van der Waals surface area contributed by atoms with Gasteiger partial charge in [0.25, 0.3) is 5.69 Å². The fraction of sp³-hybridized carbons (Fsp3) is 0.0625. The maximum Gasteiger partial charge on any atom is 0.271 e. The Bertz CT molecular complexity index is 833. The van der Waals surface area contributed by atoms with E-state index < -0.39 is 4.92 Å². The molecule has 6 nitrogen and oxygen atoms in total. The lowest BCUT2D eigenvalue weighted by molar-refractivity contribution is -0.384. The Labute approximate surface area is 136 Å². The maximum absolute atomic E-state index is 10.7. The van der Waals surface area contributed by atoms with Gasteiger partial charge in [0.1, 0.15) is 18.1 Å². The number of hydrogen-bond donors (Lipinski definition) is 0. The molecule has 0 N–H and O–H groups in total. The molecule has 3 aromatic rings. The molecule has 0 saturated carbocycles. The van der Waals surface area contributed by atoms with E-state index >= 15 is 0 Å². The number of rotatable bonds is 5. The Hall–Kier alpha value is -2.86. The van der Waals surface area contributed by atoms with Gasteiger partial charge in [-0.2, -0.15) is 0 Å². The van der Waals surface area contributed by atoms with Crippen molar-refractivity contribution in [2.24, 2.45) is 0 Å². The van der Waals surface area contributed by atoms with Crippen LogP contribution in [0, 0.1) is 10.1 Å². The smallest absolute Gasteiger partial charge is 0.271 e. The molecule has 7 heteroatoms. The van der Waals surface area contributed by atoms with Gasteiger partial charge in [0.05, 0.1) is 9.95 Å². The highest BCUT2D eigenvalue weighted by atomic mass is 35.5. The number of nitro groups is 1. The molecule has 0 aliphatic carbocycles. The molecule has 0 saturated heterocycles. The molecular formula is C16H11ClN2O4. The topological polar surface area (TPSA) is 78.4 Å². The molecule has 1 aromatic heterocycles. The van der Waals surface area contributed by atoms with Gasteiger partial charge in [-0.15, -0.1) is 0 Å². The summed E-state index contributed by atoms with van der Waals surface area (Å²) in [7, 11) is 0.